The summed E-state index contributed by atoms with van der Waals surface area (Å²) in [5.41, 5.74) is 3.18. The first-order chi connectivity index (χ1) is 12.7. The van der Waals surface area contributed by atoms with E-state index in [2.05, 4.69) is 46.7 Å². The highest BCUT2D eigenvalue weighted by Crippen LogP contribution is 2.33. The fourth-order valence-corrected chi connectivity index (χ4v) is 3.35. The molecular formula is C20H27N3O3. The van der Waals surface area contributed by atoms with Crippen molar-refractivity contribution in [2.24, 2.45) is 0 Å². The minimum Gasteiger partial charge on any atom is -0.467 e. The molecule has 6 nitrogen and oxygen atoms in total. The van der Waals surface area contributed by atoms with Crippen molar-refractivity contribution in [3.8, 4) is 0 Å². The number of hydrogen-bond acceptors (Lipinski definition) is 5. The van der Waals surface area contributed by atoms with Gasteiger partial charge < -0.3 is 24.7 Å². The maximum Gasteiger partial charge on any atom is 0.254 e. The van der Waals surface area contributed by atoms with Crippen LogP contribution in [0, 0.1) is 0 Å². The van der Waals surface area contributed by atoms with Crippen LogP contribution >= 0.6 is 0 Å². The second-order valence-corrected chi connectivity index (χ2v) is 6.57. The van der Waals surface area contributed by atoms with Crippen LogP contribution in [0.15, 0.2) is 41.0 Å². The average Bonchev–Trinajstić information content (AvgIpc) is 3.23. The Morgan fingerprint density at radius 1 is 1.27 bits per heavy atom. The number of methoxy groups -OCH3 is 1. The molecule has 0 saturated heterocycles. The summed E-state index contributed by atoms with van der Waals surface area (Å²) in [6, 6.07) is 10.6. The molecule has 3 rings (SSSR count). The molecule has 1 amide bonds. The summed E-state index contributed by atoms with van der Waals surface area (Å²) in [7, 11) is 1.67. The van der Waals surface area contributed by atoms with E-state index >= 15 is 0 Å². The van der Waals surface area contributed by atoms with Crippen LogP contribution in [0.4, 0.5) is 5.69 Å². The van der Waals surface area contributed by atoms with Gasteiger partial charge in [0.1, 0.15) is 5.76 Å². The van der Waals surface area contributed by atoms with Crippen molar-refractivity contribution in [2.45, 2.75) is 25.9 Å². The molecule has 1 aromatic carbocycles. The number of nitrogens with zero attached hydrogens (tertiary/aromatic N) is 1. The standard InChI is InChI=1S/C20H27N3O3/c1-15-13-16-5-3-4-6-18(16)23(15)14-19-17(7-11-26-19)20(24)22-9-8-21-10-12-25-2/h3-7,11,15,21H,8-10,12-14H2,1-2H3,(H,22,24). The second-order valence-electron chi connectivity index (χ2n) is 6.57. The zero-order chi connectivity index (χ0) is 18.4. The minimum atomic E-state index is -0.0950. The fraction of sp³-hybridized carbons (Fsp3) is 0.450. The van der Waals surface area contributed by atoms with Gasteiger partial charge in [0.2, 0.25) is 0 Å². The van der Waals surface area contributed by atoms with Gasteiger partial charge in [0, 0.05) is 38.5 Å². The van der Waals surface area contributed by atoms with Crippen molar-refractivity contribution in [1.29, 1.82) is 0 Å². The lowest BCUT2D eigenvalue weighted by Crippen LogP contribution is -2.34. The first-order valence-corrected chi connectivity index (χ1v) is 9.09. The molecule has 0 radical (unpaired) electrons. The predicted octanol–water partition coefficient (Wildman–Crippen LogP) is 2.20. The molecule has 0 fully saturated rings. The monoisotopic (exact) mass is 357 g/mol. The summed E-state index contributed by atoms with van der Waals surface area (Å²) in [6.07, 6.45) is 2.61. The lowest BCUT2D eigenvalue weighted by Gasteiger charge is -2.24. The van der Waals surface area contributed by atoms with Crippen LogP contribution in [0.2, 0.25) is 0 Å². The third kappa shape index (κ3) is 4.26. The second kappa shape index (κ2) is 8.87. The average molecular weight is 357 g/mol. The lowest BCUT2D eigenvalue weighted by atomic mass is 10.1. The molecule has 2 heterocycles. The Morgan fingerprint density at radius 3 is 2.96 bits per heavy atom. The van der Waals surface area contributed by atoms with Crippen LogP contribution in [0.5, 0.6) is 0 Å². The summed E-state index contributed by atoms with van der Waals surface area (Å²) in [6.45, 7) is 5.51. The molecule has 6 heteroatoms. The van der Waals surface area contributed by atoms with E-state index in [-0.39, 0.29) is 5.91 Å². The number of anilines is 1. The molecule has 0 aliphatic carbocycles. The Bertz CT molecular complexity index is 729. The highest BCUT2D eigenvalue weighted by Gasteiger charge is 2.27. The molecule has 2 aromatic rings. The highest BCUT2D eigenvalue weighted by atomic mass is 16.5. The number of rotatable bonds is 9. The number of fused-ring (bicyclic) bond motifs is 1. The molecule has 1 atom stereocenters. The number of furan rings is 1. The largest absolute Gasteiger partial charge is 0.467 e. The number of nitrogens with one attached hydrogen (secondary N) is 2. The molecule has 1 aliphatic rings. The number of carbonyl (C=O) groups excluding carboxylic acids is 1. The lowest BCUT2D eigenvalue weighted by molar-refractivity contribution is 0.0951. The van der Waals surface area contributed by atoms with Gasteiger partial charge in [0.05, 0.1) is 25.0 Å². The molecule has 0 bridgehead atoms. The van der Waals surface area contributed by atoms with Crippen LogP contribution in [-0.2, 0) is 17.7 Å². The van der Waals surface area contributed by atoms with Crippen molar-refractivity contribution in [3.05, 3.63) is 53.5 Å². The summed E-state index contributed by atoms with van der Waals surface area (Å²) >= 11 is 0. The Kier molecular flexibility index (Phi) is 6.30. The first-order valence-electron chi connectivity index (χ1n) is 9.09. The molecular weight excluding hydrogens is 330 g/mol. The van der Waals surface area contributed by atoms with E-state index in [4.69, 9.17) is 9.15 Å². The van der Waals surface area contributed by atoms with Crippen LogP contribution < -0.4 is 15.5 Å². The Hall–Kier alpha value is -2.31. The zero-order valence-corrected chi connectivity index (χ0v) is 15.5. The van der Waals surface area contributed by atoms with Gasteiger partial charge >= 0.3 is 0 Å². The number of benzene rings is 1. The third-order valence-corrected chi connectivity index (χ3v) is 4.72. The van der Waals surface area contributed by atoms with Gasteiger partial charge in [-0.1, -0.05) is 18.2 Å². The number of hydrogen-bond donors (Lipinski definition) is 2. The Labute approximate surface area is 154 Å². The molecule has 26 heavy (non-hydrogen) atoms. The summed E-state index contributed by atoms with van der Waals surface area (Å²) in [4.78, 5) is 14.8. The van der Waals surface area contributed by atoms with E-state index in [1.165, 1.54) is 11.3 Å². The van der Waals surface area contributed by atoms with E-state index in [1.54, 1.807) is 19.4 Å². The summed E-state index contributed by atoms with van der Waals surface area (Å²) in [5.74, 6) is 0.612. The van der Waals surface area contributed by atoms with Crippen molar-refractivity contribution in [2.75, 3.05) is 38.3 Å². The quantitative estimate of drug-likeness (QED) is 0.674. The molecule has 1 aromatic heterocycles. The first kappa shape index (κ1) is 18.5. The smallest absolute Gasteiger partial charge is 0.254 e. The van der Waals surface area contributed by atoms with E-state index in [0.29, 0.717) is 43.6 Å². The SMILES string of the molecule is COCCNCCNC(=O)c1ccoc1CN1c2ccccc2CC1C. The van der Waals surface area contributed by atoms with Gasteiger partial charge in [0.25, 0.3) is 5.91 Å². The summed E-state index contributed by atoms with van der Waals surface area (Å²) in [5, 5.41) is 6.14. The van der Waals surface area contributed by atoms with E-state index in [1.807, 2.05) is 0 Å². The van der Waals surface area contributed by atoms with Crippen LogP contribution in [0.1, 0.15) is 28.6 Å². The molecule has 2 N–H and O–H groups in total. The van der Waals surface area contributed by atoms with Crippen molar-refractivity contribution in [1.82, 2.24) is 10.6 Å². The van der Waals surface area contributed by atoms with Crippen molar-refractivity contribution < 1.29 is 13.9 Å². The number of carbonyl (C=O) groups is 1. The van der Waals surface area contributed by atoms with Crippen LogP contribution in [0.25, 0.3) is 0 Å². The maximum atomic E-state index is 12.5. The van der Waals surface area contributed by atoms with Gasteiger partial charge in [-0.2, -0.15) is 0 Å². The van der Waals surface area contributed by atoms with E-state index < -0.39 is 0 Å². The van der Waals surface area contributed by atoms with E-state index in [9.17, 15) is 4.79 Å². The van der Waals surface area contributed by atoms with Gasteiger partial charge in [0.15, 0.2) is 0 Å². The Morgan fingerprint density at radius 2 is 2.12 bits per heavy atom. The fourth-order valence-electron chi connectivity index (χ4n) is 3.35. The van der Waals surface area contributed by atoms with Gasteiger partial charge in [-0.3, -0.25) is 4.79 Å². The molecule has 0 saturated carbocycles. The molecule has 140 valence electrons. The van der Waals surface area contributed by atoms with Gasteiger partial charge in [-0.05, 0) is 31.0 Å². The number of para-hydroxylation sites is 1. The normalized spacial score (nSPS) is 15.9. The minimum absolute atomic E-state index is 0.0950. The topological polar surface area (TPSA) is 66.7 Å². The number of amides is 1. The molecule has 1 unspecified atom stereocenters. The van der Waals surface area contributed by atoms with Gasteiger partial charge in [-0.15, -0.1) is 0 Å². The highest BCUT2D eigenvalue weighted by molar-refractivity contribution is 5.95. The molecule has 1 aliphatic heterocycles. The van der Waals surface area contributed by atoms with Crippen LogP contribution in [-0.4, -0.2) is 45.3 Å². The number of ether oxygens (including phenoxy) is 1. The third-order valence-electron chi connectivity index (χ3n) is 4.72. The van der Waals surface area contributed by atoms with Crippen molar-refractivity contribution in [3.63, 3.8) is 0 Å². The predicted molar refractivity (Wildman–Crippen MR) is 102 cm³/mol. The zero-order valence-electron chi connectivity index (χ0n) is 15.5. The van der Waals surface area contributed by atoms with Gasteiger partial charge in [-0.25, -0.2) is 0 Å². The van der Waals surface area contributed by atoms with Crippen molar-refractivity contribution >= 4 is 11.6 Å². The summed E-state index contributed by atoms with van der Waals surface area (Å²) < 4.78 is 10.6. The molecule has 0 spiro atoms. The van der Waals surface area contributed by atoms with Crippen LogP contribution in [0.3, 0.4) is 0 Å². The Balaban J connectivity index is 1.58. The maximum absolute atomic E-state index is 12.5. The van der Waals surface area contributed by atoms with E-state index in [0.717, 1.165) is 13.0 Å².